The Morgan fingerprint density at radius 1 is 0.939 bits per heavy atom. The fraction of sp³-hybridized carbons (Fsp3) is 0.500. The molecule has 11 nitrogen and oxygen atoms in total. The highest BCUT2D eigenvalue weighted by molar-refractivity contribution is 5.83. The number of hydrogen-bond acceptors (Lipinski definition) is 11. The van der Waals surface area contributed by atoms with E-state index in [1.165, 1.54) is 21.1 Å². The van der Waals surface area contributed by atoms with Crippen molar-refractivity contribution >= 4 is 30.0 Å². The van der Waals surface area contributed by atoms with E-state index in [0.717, 1.165) is 51.9 Å². The Morgan fingerprint density at radius 2 is 1.45 bits per heavy atom. The van der Waals surface area contributed by atoms with Crippen molar-refractivity contribution < 1.29 is 19.0 Å². The van der Waals surface area contributed by atoms with Gasteiger partial charge in [0.2, 0.25) is 23.6 Å². The van der Waals surface area contributed by atoms with Crippen LogP contribution in [0.1, 0.15) is 38.2 Å². The minimum absolute atomic E-state index is 0.223. The van der Waals surface area contributed by atoms with Gasteiger partial charge in [-0.05, 0) is 37.8 Å². The van der Waals surface area contributed by atoms with E-state index in [2.05, 4.69) is 30.3 Å². The summed E-state index contributed by atoms with van der Waals surface area (Å²) >= 11 is 0. The number of aromatic nitrogens is 3. The van der Waals surface area contributed by atoms with E-state index in [9.17, 15) is 4.79 Å². The molecular formula is C22H29N7O4. The molecule has 0 saturated carbocycles. The normalized spacial score (nSPS) is 15.8. The van der Waals surface area contributed by atoms with Gasteiger partial charge in [-0.3, -0.25) is 4.79 Å². The van der Waals surface area contributed by atoms with Gasteiger partial charge >= 0.3 is 5.97 Å². The highest BCUT2D eigenvalue weighted by Crippen LogP contribution is 2.38. The highest BCUT2D eigenvalue weighted by Gasteiger charge is 2.21. The van der Waals surface area contributed by atoms with Crippen LogP contribution in [0.3, 0.4) is 0 Å². The Hall–Kier alpha value is -3.63. The van der Waals surface area contributed by atoms with E-state index >= 15 is 0 Å². The van der Waals surface area contributed by atoms with Gasteiger partial charge in [0.05, 0.1) is 20.4 Å². The first-order chi connectivity index (χ1) is 16.1. The van der Waals surface area contributed by atoms with Crippen molar-refractivity contribution in [3.8, 4) is 17.2 Å². The monoisotopic (exact) mass is 455 g/mol. The van der Waals surface area contributed by atoms with Crippen molar-refractivity contribution in [2.45, 2.75) is 32.6 Å². The molecule has 1 N–H and O–H groups in total. The Balaban J connectivity index is 1.56. The molecule has 1 aromatic heterocycles. The summed E-state index contributed by atoms with van der Waals surface area (Å²) in [4.78, 5) is 29.6. The summed E-state index contributed by atoms with van der Waals surface area (Å²) in [6.07, 6.45) is 6.14. The van der Waals surface area contributed by atoms with Crippen LogP contribution >= 0.6 is 0 Å². The smallest absolute Gasteiger partial charge is 0.308 e. The molecule has 0 aliphatic carbocycles. The fourth-order valence-corrected chi connectivity index (χ4v) is 3.90. The largest absolute Gasteiger partial charge is 0.493 e. The number of esters is 1. The number of nitrogens with zero attached hydrogens (tertiary/aromatic N) is 6. The molecule has 2 aliphatic heterocycles. The highest BCUT2D eigenvalue weighted by atomic mass is 16.6. The second kappa shape index (κ2) is 10.3. The van der Waals surface area contributed by atoms with Crippen LogP contribution in [0.4, 0.5) is 17.8 Å². The van der Waals surface area contributed by atoms with Gasteiger partial charge in [0.1, 0.15) is 0 Å². The van der Waals surface area contributed by atoms with E-state index in [0.29, 0.717) is 34.9 Å². The molecule has 2 aromatic rings. The zero-order chi connectivity index (χ0) is 23.2. The van der Waals surface area contributed by atoms with Gasteiger partial charge in [-0.15, -0.1) is 0 Å². The van der Waals surface area contributed by atoms with Gasteiger partial charge in [0.25, 0.3) is 0 Å². The summed E-state index contributed by atoms with van der Waals surface area (Å²) in [7, 11) is 2.98. The van der Waals surface area contributed by atoms with Gasteiger partial charge in [0.15, 0.2) is 11.5 Å². The second-order valence-corrected chi connectivity index (χ2v) is 7.87. The lowest BCUT2D eigenvalue weighted by molar-refractivity contribution is -0.132. The SMILES string of the molecule is COc1cc(/C=N/Nc2nc(N3CCCC3)nc(N3CCCC3)n2)cc(OC)c1OC(C)=O. The van der Waals surface area contributed by atoms with Crippen LogP contribution in [0, 0.1) is 0 Å². The first kappa shape index (κ1) is 22.6. The summed E-state index contributed by atoms with van der Waals surface area (Å²) < 4.78 is 15.9. The number of anilines is 3. The van der Waals surface area contributed by atoms with Crippen LogP contribution in [0.2, 0.25) is 0 Å². The van der Waals surface area contributed by atoms with Crippen LogP contribution < -0.4 is 29.4 Å². The molecule has 4 rings (SSSR count). The third-order valence-corrected chi connectivity index (χ3v) is 5.50. The number of nitrogens with one attached hydrogen (secondary N) is 1. The number of ether oxygens (including phenoxy) is 3. The zero-order valence-corrected chi connectivity index (χ0v) is 19.2. The summed E-state index contributed by atoms with van der Waals surface area (Å²) in [5, 5.41) is 4.31. The molecule has 2 aliphatic rings. The predicted molar refractivity (Wildman–Crippen MR) is 125 cm³/mol. The average molecular weight is 456 g/mol. The van der Waals surface area contributed by atoms with Crippen molar-refractivity contribution in [1.29, 1.82) is 0 Å². The minimum atomic E-state index is -0.466. The molecule has 0 atom stereocenters. The molecule has 2 fully saturated rings. The van der Waals surface area contributed by atoms with Gasteiger partial charge in [-0.2, -0.15) is 20.1 Å². The molecule has 0 unspecified atom stereocenters. The first-order valence-corrected chi connectivity index (χ1v) is 11.1. The predicted octanol–water partition coefficient (Wildman–Crippen LogP) is 2.46. The Morgan fingerprint density at radius 3 is 1.91 bits per heavy atom. The summed E-state index contributed by atoms with van der Waals surface area (Å²) in [5.41, 5.74) is 3.61. The van der Waals surface area contributed by atoms with Gasteiger partial charge in [0, 0.05) is 38.7 Å². The lowest BCUT2D eigenvalue weighted by atomic mass is 10.2. The molecular weight excluding hydrogens is 426 g/mol. The minimum Gasteiger partial charge on any atom is -0.493 e. The van der Waals surface area contributed by atoms with Crippen molar-refractivity contribution in [2.24, 2.45) is 5.10 Å². The molecule has 2 saturated heterocycles. The van der Waals surface area contributed by atoms with Crippen LogP contribution in [0.25, 0.3) is 0 Å². The molecule has 176 valence electrons. The fourth-order valence-electron chi connectivity index (χ4n) is 3.90. The maximum Gasteiger partial charge on any atom is 0.308 e. The van der Waals surface area contributed by atoms with Crippen molar-refractivity contribution in [1.82, 2.24) is 15.0 Å². The van der Waals surface area contributed by atoms with Gasteiger partial charge < -0.3 is 24.0 Å². The topological polar surface area (TPSA) is 114 Å². The maximum absolute atomic E-state index is 11.4. The van der Waals surface area contributed by atoms with Gasteiger partial charge in [-0.1, -0.05) is 0 Å². The number of hydrazone groups is 1. The molecule has 1 aromatic carbocycles. The summed E-state index contributed by atoms with van der Waals surface area (Å²) in [6, 6.07) is 3.40. The maximum atomic E-state index is 11.4. The number of rotatable bonds is 8. The van der Waals surface area contributed by atoms with Crippen molar-refractivity contribution in [3.05, 3.63) is 17.7 Å². The third kappa shape index (κ3) is 5.41. The Labute approximate surface area is 192 Å². The molecule has 0 radical (unpaired) electrons. The lowest BCUT2D eigenvalue weighted by Crippen LogP contribution is -2.25. The first-order valence-electron chi connectivity index (χ1n) is 11.1. The van der Waals surface area contributed by atoms with Crippen LogP contribution in [0.15, 0.2) is 17.2 Å². The van der Waals surface area contributed by atoms with Crippen molar-refractivity contribution in [2.75, 3.05) is 55.6 Å². The molecule has 0 amide bonds. The van der Waals surface area contributed by atoms with Gasteiger partial charge in [-0.25, -0.2) is 5.43 Å². The van der Waals surface area contributed by atoms with E-state index in [-0.39, 0.29) is 5.75 Å². The van der Waals surface area contributed by atoms with Crippen LogP contribution in [0.5, 0.6) is 17.2 Å². The van der Waals surface area contributed by atoms with E-state index in [1.54, 1.807) is 18.3 Å². The standard InChI is InChI=1S/C22H29N7O4/c1-15(30)33-19-17(31-2)12-16(13-18(19)32-3)14-23-27-20-24-21(28-8-4-5-9-28)26-22(25-20)29-10-6-7-11-29/h12-14H,4-11H2,1-3H3,(H,24,25,26,27)/b23-14+. The number of carbonyl (C=O) groups excluding carboxylic acids is 1. The summed E-state index contributed by atoms with van der Waals surface area (Å²) in [6.45, 7) is 5.10. The second-order valence-electron chi connectivity index (χ2n) is 7.87. The lowest BCUT2D eigenvalue weighted by Gasteiger charge is -2.20. The Kier molecular flexibility index (Phi) is 7.06. The molecule has 33 heavy (non-hydrogen) atoms. The quantitative estimate of drug-likeness (QED) is 0.275. The molecule has 3 heterocycles. The third-order valence-electron chi connectivity index (χ3n) is 5.50. The van der Waals surface area contributed by atoms with Crippen LogP contribution in [-0.4, -0.2) is 67.5 Å². The van der Waals surface area contributed by atoms with E-state index in [1.807, 2.05) is 0 Å². The van der Waals surface area contributed by atoms with Crippen LogP contribution in [-0.2, 0) is 4.79 Å². The van der Waals surface area contributed by atoms with Crippen molar-refractivity contribution in [3.63, 3.8) is 0 Å². The van der Waals surface area contributed by atoms with E-state index in [4.69, 9.17) is 19.2 Å². The average Bonchev–Trinajstić information content (AvgIpc) is 3.54. The Bertz CT molecular complexity index is 959. The van der Waals surface area contributed by atoms with E-state index < -0.39 is 5.97 Å². The molecule has 11 heteroatoms. The number of methoxy groups -OCH3 is 2. The molecule has 0 spiro atoms. The summed E-state index contributed by atoms with van der Waals surface area (Å²) in [5.74, 6) is 2.22. The number of carbonyl (C=O) groups is 1. The number of hydrogen-bond donors (Lipinski definition) is 1. The molecule has 0 bridgehead atoms. The zero-order valence-electron chi connectivity index (χ0n) is 19.2. The number of benzene rings is 1.